The maximum atomic E-state index is 13.3. The van der Waals surface area contributed by atoms with E-state index in [0.717, 1.165) is 0 Å². The molecule has 0 radical (unpaired) electrons. The maximum Gasteiger partial charge on any atom is 0.187 e. The van der Waals surface area contributed by atoms with Gasteiger partial charge in [0.25, 0.3) is 0 Å². The van der Waals surface area contributed by atoms with Gasteiger partial charge in [0.15, 0.2) is 5.78 Å². The monoisotopic (exact) mass is 496 g/mol. The van der Waals surface area contributed by atoms with Crippen LogP contribution in [0.2, 0.25) is 0 Å². The molecule has 8 heteroatoms. The Balaban J connectivity index is 1.71. The van der Waals surface area contributed by atoms with Crippen LogP contribution in [0.3, 0.4) is 0 Å². The number of ketones is 1. The van der Waals surface area contributed by atoms with E-state index in [1.165, 1.54) is 6.08 Å². The van der Waals surface area contributed by atoms with Crippen LogP contribution in [0.4, 0.5) is 0 Å². The quantitative estimate of drug-likeness (QED) is 0.295. The molecule has 0 aliphatic heterocycles. The number of hydrogen-bond donors (Lipinski definition) is 7. The molecule has 0 spiro atoms. The Morgan fingerprint density at radius 1 is 1.00 bits per heavy atom. The molecule has 3 saturated carbocycles. The molecule has 4 rings (SSSR count). The van der Waals surface area contributed by atoms with Crippen LogP contribution < -0.4 is 0 Å². The highest BCUT2D eigenvalue weighted by atomic mass is 16.3. The summed E-state index contributed by atoms with van der Waals surface area (Å²) in [6.07, 6.45) is -1.34. The second-order valence-electron chi connectivity index (χ2n) is 13.0. The Hall–Kier alpha value is -0.870. The molecule has 0 unspecified atom stereocenters. The van der Waals surface area contributed by atoms with E-state index in [9.17, 15) is 40.5 Å². The van der Waals surface area contributed by atoms with Gasteiger partial charge in [-0.15, -0.1) is 0 Å². The Bertz CT molecular complexity index is 900. The Morgan fingerprint density at radius 3 is 2.20 bits per heavy atom. The summed E-state index contributed by atoms with van der Waals surface area (Å²) >= 11 is 0. The van der Waals surface area contributed by atoms with Gasteiger partial charge in [0.1, 0.15) is 5.60 Å². The van der Waals surface area contributed by atoms with Crippen molar-refractivity contribution in [2.45, 2.75) is 121 Å². The molecule has 35 heavy (non-hydrogen) atoms. The predicted octanol–water partition coefficient (Wildman–Crippen LogP) is 0.825. The van der Waals surface area contributed by atoms with Crippen molar-refractivity contribution in [1.82, 2.24) is 0 Å². The lowest BCUT2D eigenvalue weighted by molar-refractivity contribution is -0.212. The third kappa shape index (κ3) is 3.55. The fourth-order valence-corrected chi connectivity index (χ4v) is 8.26. The van der Waals surface area contributed by atoms with Gasteiger partial charge in [0.2, 0.25) is 0 Å². The average Bonchev–Trinajstić information content (AvgIpc) is 3.03. The van der Waals surface area contributed by atoms with E-state index < -0.39 is 63.8 Å². The number of hydrogen-bond acceptors (Lipinski definition) is 8. The van der Waals surface area contributed by atoms with Gasteiger partial charge in [-0.05, 0) is 68.4 Å². The molecule has 0 amide bonds. The van der Waals surface area contributed by atoms with E-state index >= 15 is 0 Å². The van der Waals surface area contributed by atoms with Crippen molar-refractivity contribution in [3.63, 3.8) is 0 Å². The van der Waals surface area contributed by atoms with Gasteiger partial charge in [-0.1, -0.05) is 27.7 Å². The van der Waals surface area contributed by atoms with Gasteiger partial charge in [-0.2, -0.15) is 0 Å². The molecule has 0 aromatic heterocycles. The highest BCUT2D eigenvalue weighted by molar-refractivity contribution is 6.00. The summed E-state index contributed by atoms with van der Waals surface area (Å²) < 4.78 is 0. The molecule has 200 valence electrons. The minimum atomic E-state index is -1.82. The molecule has 4 aliphatic rings. The number of aliphatic hydroxyl groups is 7. The fraction of sp³-hybridized carbons (Fsp3) is 0.889. The Labute approximate surface area is 207 Å². The summed E-state index contributed by atoms with van der Waals surface area (Å²) in [7, 11) is 0. The Morgan fingerprint density at radius 2 is 1.60 bits per heavy atom. The van der Waals surface area contributed by atoms with Gasteiger partial charge in [0.05, 0.1) is 35.6 Å². The lowest BCUT2D eigenvalue weighted by Crippen LogP contribution is -2.69. The molecule has 0 bridgehead atoms. The summed E-state index contributed by atoms with van der Waals surface area (Å²) in [6, 6.07) is 0. The second kappa shape index (κ2) is 8.32. The van der Waals surface area contributed by atoms with E-state index in [0.29, 0.717) is 31.3 Å². The van der Waals surface area contributed by atoms with E-state index in [-0.39, 0.29) is 31.1 Å². The van der Waals surface area contributed by atoms with Gasteiger partial charge >= 0.3 is 0 Å². The topological polar surface area (TPSA) is 159 Å². The lowest BCUT2D eigenvalue weighted by atomic mass is 9.44. The van der Waals surface area contributed by atoms with Crippen LogP contribution in [0.5, 0.6) is 0 Å². The first-order valence-electron chi connectivity index (χ1n) is 13.1. The molecule has 0 aromatic carbocycles. The third-order valence-electron chi connectivity index (χ3n) is 10.9. The van der Waals surface area contributed by atoms with Crippen molar-refractivity contribution in [3.8, 4) is 0 Å². The number of carbonyl (C=O) groups excluding carboxylic acids is 1. The number of aliphatic hydroxyl groups excluding tert-OH is 4. The second-order valence-corrected chi connectivity index (χ2v) is 13.0. The zero-order valence-electron chi connectivity index (χ0n) is 21.6. The number of rotatable bonds is 5. The molecule has 0 saturated heterocycles. The van der Waals surface area contributed by atoms with Crippen LogP contribution >= 0.6 is 0 Å². The first kappa shape index (κ1) is 27.2. The third-order valence-corrected chi connectivity index (χ3v) is 10.9. The van der Waals surface area contributed by atoms with Gasteiger partial charge in [-0.3, -0.25) is 4.79 Å². The van der Waals surface area contributed by atoms with Crippen molar-refractivity contribution in [2.24, 2.45) is 28.6 Å². The first-order valence-corrected chi connectivity index (χ1v) is 13.1. The van der Waals surface area contributed by atoms with E-state index in [1.807, 2.05) is 20.8 Å². The van der Waals surface area contributed by atoms with Gasteiger partial charge in [0, 0.05) is 23.7 Å². The molecular weight excluding hydrogens is 452 g/mol. The zero-order chi connectivity index (χ0) is 26.4. The minimum Gasteiger partial charge on any atom is -0.393 e. The first-order chi connectivity index (χ1) is 16.0. The SMILES string of the molecule is CC(C)[C@H](O)C[C@H](O)[C@](C)(O)[C@H]1CC[C@@]2(O)C3=CC(=O)[C@]4(O)C[C@@H](O)[C@@H](O)C[C@]4(C)[C@H]3CC[C@]12C. The highest BCUT2D eigenvalue weighted by Gasteiger charge is 2.71. The Kier molecular flexibility index (Phi) is 6.46. The van der Waals surface area contributed by atoms with E-state index in [4.69, 9.17) is 0 Å². The summed E-state index contributed by atoms with van der Waals surface area (Å²) in [6.45, 7) is 8.92. The molecule has 0 aromatic rings. The van der Waals surface area contributed by atoms with Crippen LogP contribution in [-0.4, -0.2) is 82.7 Å². The summed E-state index contributed by atoms with van der Waals surface area (Å²) in [5, 5.41) is 77.2. The van der Waals surface area contributed by atoms with Gasteiger partial charge < -0.3 is 35.7 Å². The van der Waals surface area contributed by atoms with E-state index in [1.54, 1.807) is 13.8 Å². The highest BCUT2D eigenvalue weighted by Crippen LogP contribution is 2.69. The minimum absolute atomic E-state index is 0.0187. The van der Waals surface area contributed by atoms with Crippen LogP contribution in [0, 0.1) is 28.6 Å². The van der Waals surface area contributed by atoms with Crippen LogP contribution in [0.1, 0.15) is 79.6 Å². The summed E-state index contributed by atoms with van der Waals surface area (Å²) in [4.78, 5) is 13.3. The van der Waals surface area contributed by atoms with Crippen molar-refractivity contribution in [1.29, 1.82) is 0 Å². The molecular formula is C27H44O8. The summed E-state index contributed by atoms with van der Waals surface area (Å²) in [5.74, 6) is -1.50. The summed E-state index contributed by atoms with van der Waals surface area (Å²) in [5.41, 5.74) is -6.19. The molecule has 11 atom stereocenters. The van der Waals surface area contributed by atoms with Crippen molar-refractivity contribution in [2.75, 3.05) is 0 Å². The van der Waals surface area contributed by atoms with Crippen molar-refractivity contribution in [3.05, 3.63) is 11.6 Å². The van der Waals surface area contributed by atoms with Crippen molar-refractivity contribution < 1.29 is 40.5 Å². The molecule has 7 N–H and O–H groups in total. The molecule has 4 aliphatic carbocycles. The number of fused-ring (bicyclic) bond motifs is 5. The smallest absolute Gasteiger partial charge is 0.187 e. The van der Waals surface area contributed by atoms with Crippen LogP contribution in [0.25, 0.3) is 0 Å². The predicted molar refractivity (Wildman–Crippen MR) is 128 cm³/mol. The van der Waals surface area contributed by atoms with Crippen molar-refractivity contribution >= 4 is 5.78 Å². The standard InChI is InChI=1S/C27H44O8/c1-14(2)17(28)11-21(31)25(5,33)20-7-9-26(34)16-10-22(32)27(35)13-19(30)18(29)12-24(27,4)15(16)6-8-23(20,26)3/h10,14-15,17-21,28-31,33-35H,6-9,11-13H2,1-5H3/t15-,17+,18-,19+,20-,21-,23+,24+,25+,26+,27+/m0/s1. The normalized spacial score (nSPS) is 48.9. The average molecular weight is 497 g/mol. The van der Waals surface area contributed by atoms with Crippen LogP contribution in [0.15, 0.2) is 11.6 Å². The fourth-order valence-electron chi connectivity index (χ4n) is 8.26. The maximum absolute atomic E-state index is 13.3. The zero-order valence-corrected chi connectivity index (χ0v) is 21.6. The lowest BCUT2D eigenvalue weighted by Gasteiger charge is -2.62. The number of carbonyl (C=O) groups is 1. The van der Waals surface area contributed by atoms with Crippen LogP contribution in [-0.2, 0) is 4.79 Å². The molecule has 3 fully saturated rings. The van der Waals surface area contributed by atoms with Gasteiger partial charge in [-0.25, -0.2) is 0 Å². The molecule has 8 nitrogen and oxygen atoms in total. The van der Waals surface area contributed by atoms with E-state index in [2.05, 4.69) is 0 Å². The molecule has 0 heterocycles. The largest absolute Gasteiger partial charge is 0.393 e.